The van der Waals surface area contributed by atoms with Gasteiger partial charge in [-0.05, 0) is 25.0 Å². The molecule has 16 heavy (non-hydrogen) atoms. The van der Waals surface area contributed by atoms with Gasteiger partial charge in [-0.25, -0.2) is 4.39 Å². The summed E-state index contributed by atoms with van der Waals surface area (Å²) in [5.74, 6) is -0.460. The van der Waals surface area contributed by atoms with E-state index in [1.165, 1.54) is 6.07 Å². The smallest absolute Gasteiger partial charge is 0.148 e. The van der Waals surface area contributed by atoms with Crippen LogP contribution in [0.25, 0.3) is 0 Å². The zero-order valence-electron chi connectivity index (χ0n) is 8.90. The summed E-state index contributed by atoms with van der Waals surface area (Å²) >= 11 is 11.8. The number of rotatable bonds is 1. The first-order chi connectivity index (χ1) is 7.54. The molecule has 1 aliphatic carbocycles. The van der Waals surface area contributed by atoms with Crippen LogP contribution in [0.2, 0.25) is 10.0 Å². The van der Waals surface area contributed by atoms with Gasteiger partial charge in [0, 0.05) is 16.1 Å². The summed E-state index contributed by atoms with van der Waals surface area (Å²) < 4.78 is 14.0. The van der Waals surface area contributed by atoms with Gasteiger partial charge in [-0.1, -0.05) is 42.5 Å². The molecule has 1 aliphatic rings. The van der Waals surface area contributed by atoms with Crippen molar-refractivity contribution in [1.82, 2.24) is 0 Å². The molecule has 1 aromatic rings. The summed E-state index contributed by atoms with van der Waals surface area (Å²) in [4.78, 5) is 0. The molecule has 1 nitrogen and oxygen atoms in total. The van der Waals surface area contributed by atoms with Gasteiger partial charge in [0.15, 0.2) is 0 Å². The van der Waals surface area contributed by atoms with Crippen LogP contribution in [0.5, 0.6) is 0 Å². The molecule has 1 saturated carbocycles. The van der Waals surface area contributed by atoms with Gasteiger partial charge in [-0.15, -0.1) is 0 Å². The van der Waals surface area contributed by atoms with E-state index in [4.69, 9.17) is 28.9 Å². The Labute approximate surface area is 105 Å². The van der Waals surface area contributed by atoms with E-state index in [1.807, 2.05) is 0 Å². The predicted octanol–water partition coefficient (Wildman–Crippen LogP) is 4.25. The van der Waals surface area contributed by atoms with Gasteiger partial charge in [0.25, 0.3) is 0 Å². The maximum atomic E-state index is 14.0. The van der Waals surface area contributed by atoms with Gasteiger partial charge in [0.05, 0.1) is 5.02 Å². The number of hydrogen-bond acceptors (Lipinski definition) is 1. The van der Waals surface area contributed by atoms with Crippen LogP contribution in [0.4, 0.5) is 4.39 Å². The highest BCUT2D eigenvalue weighted by molar-refractivity contribution is 6.33. The van der Waals surface area contributed by atoms with Crippen LogP contribution in [0.1, 0.15) is 37.7 Å². The van der Waals surface area contributed by atoms with E-state index in [-0.39, 0.29) is 5.02 Å². The largest absolute Gasteiger partial charge is 0.321 e. The molecule has 0 amide bonds. The van der Waals surface area contributed by atoms with Gasteiger partial charge in [-0.2, -0.15) is 0 Å². The average molecular weight is 262 g/mol. The third kappa shape index (κ3) is 2.06. The Kier molecular flexibility index (Phi) is 3.43. The second-order valence-corrected chi connectivity index (χ2v) is 5.25. The van der Waals surface area contributed by atoms with Crippen LogP contribution in [0, 0.1) is 5.82 Å². The number of hydrogen-bond donors (Lipinski definition) is 1. The molecule has 0 saturated heterocycles. The molecule has 4 heteroatoms. The topological polar surface area (TPSA) is 26.0 Å². The van der Waals surface area contributed by atoms with Crippen molar-refractivity contribution < 1.29 is 4.39 Å². The molecule has 1 fully saturated rings. The lowest BCUT2D eigenvalue weighted by Crippen LogP contribution is -2.39. The SMILES string of the molecule is NC1(c2c(Cl)ccc(Cl)c2F)CCCCC1. The van der Waals surface area contributed by atoms with E-state index >= 15 is 0 Å². The van der Waals surface area contributed by atoms with Gasteiger partial charge in [-0.3, -0.25) is 0 Å². The van der Waals surface area contributed by atoms with Crippen LogP contribution >= 0.6 is 23.2 Å². The van der Waals surface area contributed by atoms with Crippen LogP contribution in [-0.4, -0.2) is 0 Å². The molecule has 2 rings (SSSR count). The van der Waals surface area contributed by atoms with Crippen molar-refractivity contribution in [2.24, 2.45) is 5.73 Å². The van der Waals surface area contributed by atoms with E-state index in [1.54, 1.807) is 6.07 Å². The Morgan fingerprint density at radius 1 is 1.06 bits per heavy atom. The summed E-state index contributed by atoms with van der Waals surface area (Å²) in [5, 5.41) is 0.473. The van der Waals surface area contributed by atoms with Gasteiger partial charge >= 0.3 is 0 Å². The molecule has 0 atom stereocenters. The number of benzene rings is 1. The van der Waals surface area contributed by atoms with E-state index in [0.29, 0.717) is 10.6 Å². The molecule has 0 aliphatic heterocycles. The Morgan fingerprint density at radius 3 is 2.25 bits per heavy atom. The summed E-state index contributed by atoms with van der Waals surface area (Å²) in [6, 6.07) is 3.08. The van der Waals surface area contributed by atoms with E-state index < -0.39 is 11.4 Å². The third-order valence-corrected chi connectivity index (χ3v) is 3.89. The lowest BCUT2D eigenvalue weighted by molar-refractivity contribution is 0.293. The van der Waals surface area contributed by atoms with Crippen LogP contribution in [0.3, 0.4) is 0 Å². The van der Waals surface area contributed by atoms with E-state index in [9.17, 15) is 4.39 Å². The second-order valence-electron chi connectivity index (χ2n) is 4.43. The van der Waals surface area contributed by atoms with Crippen molar-refractivity contribution in [3.63, 3.8) is 0 Å². The van der Waals surface area contributed by atoms with Crippen molar-refractivity contribution in [3.8, 4) is 0 Å². The molecule has 0 spiro atoms. The third-order valence-electron chi connectivity index (χ3n) is 3.29. The number of halogens is 3. The van der Waals surface area contributed by atoms with Crippen LogP contribution < -0.4 is 5.73 Å². The maximum absolute atomic E-state index is 14.0. The lowest BCUT2D eigenvalue weighted by Gasteiger charge is -2.34. The van der Waals surface area contributed by atoms with Crippen molar-refractivity contribution in [2.75, 3.05) is 0 Å². The highest BCUT2D eigenvalue weighted by atomic mass is 35.5. The summed E-state index contributed by atoms with van der Waals surface area (Å²) in [7, 11) is 0. The normalized spacial score (nSPS) is 19.8. The minimum absolute atomic E-state index is 0.0924. The first-order valence-electron chi connectivity index (χ1n) is 5.47. The van der Waals surface area contributed by atoms with Crippen LogP contribution in [0.15, 0.2) is 12.1 Å². The minimum Gasteiger partial charge on any atom is -0.321 e. The molecule has 0 unspecified atom stereocenters. The van der Waals surface area contributed by atoms with Crippen molar-refractivity contribution in [1.29, 1.82) is 0 Å². The highest BCUT2D eigenvalue weighted by Crippen LogP contribution is 2.41. The first kappa shape index (κ1) is 12.2. The molecule has 0 bridgehead atoms. The van der Waals surface area contributed by atoms with Crippen molar-refractivity contribution in [2.45, 2.75) is 37.6 Å². The van der Waals surface area contributed by atoms with E-state index in [0.717, 1.165) is 32.1 Å². The highest BCUT2D eigenvalue weighted by Gasteiger charge is 2.34. The average Bonchev–Trinajstić information content (AvgIpc) is 2.25. The minimum atomic E-state index is -0.648. The van der Waals surface area contributed by atoms with Crippen molar-refractivity contribution >= 4 is 23.2 Å². The molecular formula is C12H14Cl2FN. The molecule has 0 heterocycles. The fraction of sp³-hybridized carbons (Fsp3) is 0.500. The molecule has 0 aromatic heterocycles. The summed E-state index contributed by atoms with van der Waals surface area (Å²) in [5.41, 5.74) is 6.01. The molecule has 2 N–H and O–H groups in total. The summed E-state index contributed by atoms with van der Waals surface area (Å²) in [6.07, 6.45) is 4.71. The zero-order valence-corrected chi connectivity index (χ0v) is 10.4. The fourth-order valence-electron chi connectivity index (χ4n) is 2.42. The monoisotopic (exact) mass is 261 g/mol. The maximum Gasteiger partial charge on any atom is 0.148 e. The quantitative estimate of drug-likeness (QED) is 0.752. The first-order valence-corrected chi connectivity index (χ1v) is 6.23. The van der Waals surface area contributed by atoms with E-state index in [2.05, 4.69) is 0 Å². The molecular weight excluding hydrogens is 248 g/mol. The van der Waals surface area contributed by atoms with Crippen LogP contribution in [-0.2, 0) is 5.54 Å². The Morgan fingerprint density at radius 2 is 1.62 bits per heavy atom. The molecule has 1 aromatic carbocycles. The summed E-state index contributed by atoms with van der Waals surface area (Å²) in [6.45, 7) is 0. The Hall–Kier alpha value is -0.310. The Balaban J connectivity index is 2.49. The number of nitrogens with two attached hydrogens (primary N) is 1. The van der Waals surface area contributed by atoms with Gasteiger partial charge < -0.3 is 5.73 Å². The fourth-order valence-corrected chi connectivity index (χ4v) is 2.91. The molecule has 88 valence electrons. The predicted molar refractivity (Wildman–Crippen MR) is 65.4 cm³/mol. The lowest BCUT2D eigenvalue weighted by atomic mass is 9.77. The van der Waals surface area contributed by atoms with Crippen molar-refractivity contribution in [3.05, 3.63) is 33.6 Å². The Bertz CT molecular complexity index is 400. The van der Waals surface area contributed by atoms with Gasteiger partial charge in [0.1, 0.15) is 5.82 Å². The van der Waals surface area contributed by atoms with Gasteiger partial charge in [0.2, 0.25) is 0 Å². The second kappa shape index (κ2) is 4.52. The molecule has 0 radical (unpaired) electrons. The zero-order chi connectivity index (χ0) is 11.8. The standard InChI is InChI=1S/C12H14Cl2FN/c13-8-4-5-9(14)11(15)10(8)12(16)6-2-1-3-7-12/h4-5H,1-3,6-7,16H2.